The summed E-state index contributed by atoms with van der Waals surface area (Å²) in [6, 6.07) is 8.33. The molecule has 0 spiro atoms. The average Bonchev–Trinajstić information content (AvgIpc) is 2.41. The molecule has 0 unspecified atom stereocenters. The quantitative estimate of drug-likeness (QED) is 0.935. The molecule has 20 heavy (non-hydrogen) atoms. The topological polar surface area (TPSA) is 38.3 Å². The van der Waals surface area contributed by atoms with E-state index in [1.807, 2.05) is 0 Å². The van der Waals surface area contributed by atoms with Gasteiger partial charge in [-0.25, -0.2) is 13.2 Å². The van der Waals surface area contributed by atoms with Gasteiger partial charge in [-0.2, -0.15) is 0 Å². The number of hydrogen-bond acceptors (Lipinski definition) is 2. The van der Waals surface area contributed by atoms with Gasteiger partial charge in [-0.3, -0.25) is 4.79 Å². The number of halogens is 3. The van der Waals surface area contributed by atoms with Crippen molar-refractivity contribution in [3.05, 3.63) is 59.9 Å². The van der Waals surface area contributed by atoms with Gasteiger partial charge in [0.05, 0.1) is 5.69 Å². The molecule has 0 aliphatic rings. The predicted octanol–water partition coefficient (Wildman–Crippen LogP) is 3.12. The highest BCUT2D eigenvalue weighted by atomic mass is 19.1. The third-order valence-corrected chi connectivity index (χ3v) is 2.40. The average molecular weight is 281 g/mol. The second-order valence-corrected chi connectivity index (χ2v) is 3.89. The molecule has 0 aliphatic carbocycles. The van der Waals surface area contributed by atoms with Crippen molar-refractivity contribution in [2.45, 2.75) is 0 Å². The van der Waals surface area contributed by atoms with E-state index in [9.17, 15) is 18.0 Å². The molecular weight excluding hydrogens is 271 g/mol. The Morgan fingerprint density at radius 1 is 1.05 bits per heavy atom. The number of hydrogen-bond donors (Lipinski definition) is 1. The number of benzene rings is 2. The van der Waals surface area contributed by atoms with Gasteiger partial charge < -0.3 is 10.1 Å². The summed E-state index contributed by atoms with van der Waals surface area (Å²) in [6.45, 7) is -0.488. The summed E-state index contributed by atoms with van der Waals surface area (Å²) >= 11 is 0. The first-order valence-corrected chi connectivity index (χ1v) is 5.68. The largest absolute Gasteiger partial charge is 0.481 e. The summed E-state index contributed by atoms with van der Waals surface area (Å²) in [4.78, 5) is 11.5. The highest BCUT2D eigenvalue weighted by molar-refractivity contribution is 5.91. The van der Waals surface area contributed by atoms with Crippen LogP contribution in [0.25, 0.3) is 0 Å². The standard InChI is InChI=1S/C14H10F3NO2/c15-9-5-6-12(11(17)7-9)18-14(19)8-20-13-4-2-1-3-10(13)16/h1-7H,8H2,(H,18,19). The third kappa shape index (κ3) is 3.50. The molecule has 3 nitrogen and oxygen atoms in total. The van der Waals surface area contributed by atoms with Crippen LogP contribution in [-0.4, -0.2) is 12.5 Å². The van der Waals surface area contributed by atoms with E-state index in [4.69, 9.17) is 4.74 Å². The number of anilines is 1. The van der Waals surface area contributed by atoms with E-state index in [0.717, 1.165) is 12.1 Å². The molecule has 1 N–H and O–H groups in total. The zero-order valence-corrected chi connectivity index (χ0v) is 10.2. The summed E-state index contributed by atoms with van der Waals surface area (Å²) in [5.74, 6) is -3.01. The Labute approximate surface area is 113 Å². The molecule has 1 amide bonds. The zero-order valence-electron chi connectivity index (χ0n) is 10.2. The number of nitrogens with one attached hydrogen (secondary N) is 1. The molecule has 0 heterocycles. The Kier molecular flexibility index (Phi) is 4.24. The molecular formula is C14H10F3NO2. The summed E-state index contributed by atoms with van der Waals surface area (Å²) < 4.78 is 44.1. The Bertz CT molecular complexity index is 632. The van der Waals surface area contributed by atoms with E-state index >= 15 is 0 Å². The lowest BCUT2D eigenvalue weighted by Crippen LogP contribution is -2.21. The summed E-state index contributed by atoms with van der Waals surface area (Å²) in [5, 5.41) is 2.20. The lowest BCUT2D eigenvalue weighted by Gasteiger charge is -2.08. The van der Waals surface area contributed by atoms with Crippen molar-refractivity contribution < 1.29 is 22.7 Å². The van der Waals surface area contributed by atoms with Crippen molar-refractivity contribution in [1.82, 2.24) is 0 Å². The van der Waals surface area contributed by atoms with Crippen LogP contribution in [0.4, 0.5) is 18.9 Å². The van der Waals surface area contributed by atoms with Crippen molar-refractivity contribution in [2.75, 3.05) is 11.9 Å². The van der Waals surface area contributed by atoms with Crippen LogP contribution in [0.5, 0.6) is 5.75 Å². The Hall–Kier alpha value is -2.50. The zero-order chi connectivity index (χ0) is 14.5. The molecule has 0 saturated heterocycles. The van der Waals surface area contributed by atoms with Crippen molar-refractivity contribution in [3.63, 3.8) is 0 Å². The van der Waals surface area contributed by atoms with Crippen molar-refractivity contribution >= 4 is 11.6 Å². The van der Waals surface area contributed by atoms with Crippen LogP contribution in [-0.2, 0) is 4.79 Å². The highest BCUT2D eigenvalue weighted by Gasteiger charge is 2.10. The molecule has 2 aromatic rings. The number of carbonyl (C=O) groups is 1. The van der Waals surface area contributed by atoms with Crippen LogP contribution in [0.1, 0.15) is 0 Å². The normalized spacial score (nSPS) is 10.2. The first kappa shape index (κ1) is 13.9. The van der Waals surface area contributed by atoms with Crippen LogP contribution in [0.3, 0.4) is 0 Å². The number of amides is 1. The van der Waals surface area contributed by atoms with Crippen LogP contribution >= 0.6 is 0 Å². The number of ether oxygens (including phenoxy) is 1. The summed E-state index contributed by atoms with van der Waals surface area (Å²) in [5.41, 5.74) is -0.173. The maximum Gasteiger partial charge on any atom is 0.262 e. The van der Waals surface area contributed by atoms with Crippen LogP contribution < -0.4 is 10.1 Å². The van der Waals surface area contributed by atoms with E-state index in [2.05, 4.69) is 5.32 Å². The van der Waals surface area contributed by atoms with Gasteiger partial charge in [-0.05, 0) is 24.3 Å². The van der Waals surface area contributed by atoms with E-state index < -0.39 is 30.0 Å². The molecule has 0 aromatic heterocycles. The number of carbonyl (C=O) groups excluding carboxylic acids is 1. The van der Waals surface area contributed by atoms with Gasteiger partial charge in [0.1, 0.15) is 11.6 Å². The fourth-order valence-electron chi connectivity index (χ4n) is 1.48. The van der Waals surface area contributed by atoms with E-state index in [0.29, 0.717) is 6.07 Å². The summed E-state index contributed by atoms with van der Waals surface area (Å²) in [7, 11) is 0. The molecule has 2 rings (SSSR count). The first-order chi connectivity index (χ1) is 9.56. The van der Waals surface area contributed by atoms with Crippen LogP contribution in [0.2, 0.25) is 0 Å². The predicted molar refractivity (Wildman–Crippen MR) is 66.9 cm³/mol. The molecule has 104 valence electrons. The SMILES string of the molecule is O=C(COc1ccccc1F)Nc1ccc(F)cc1F. The second kappa shape index (κ2) is 6.10. The number of rotatable bonds is 4. The number of para-hydroxylation sites is 1. The van der Waals surface area contributed by atoms with Gasteiger partial charge in [0.15, 0.2) is 18.2 Å². The van der Waals surface area contributed by atoms with Gasteiger partial charge in [0, 0.05) is 6.07 Å². The van der Waals surface area contributed by atoms with Gasteiger partial charge in [0.25, 0.3) is 5.91 Å². The monoisotopic (exact) mass is 281 g/mol. The Morgan fingerprint density at radius 2 is 1.80 bits per heavy atom. The Balaban J connectivity index is 1.94. The first-order valence-electron chi connectivity index (χ1n) is 5.68. The van der Waals surface area contributed by atoms with E-state index in [1.165, 1.54) is 18.2 Å². The van der Waals surface area contributed by atoms with Crippen LogP contribution in [0.15, 0.2) is 42.5 Å². The minimum atomic E-state index is -0.899. The molecule has 0 radical (unpaired) electrons. The van der Waals surface area contributed by atoms with Gasteiger partial charge >= 0.3 is 0 Å². The van der Waals surface area contributed by atoms with Crippen molar-refractivity contribution in [1.29, 1.82) is 0 Å². The van der Waals surface area contributed by atoms with Gasteiger partial charge in [-0.1, -0.05) is 12.1 Å². The Morgan fingerprint density at radius 3 is 2.50 bits per heavy atom. The molecule has 0 atom stereocenters. The molecule has 0 fully saturated rings. The molecule has 0 aliphatic heterocycles. The van der Waals surface area contributed by atoms with E-state index in [-0.39, 0.29) is 11.4 Å². The molecule has 0 bridgehead atoms. The fourth-order valence-corrected chi connectivity index (χ4v) is 1.48. The van der Waals surface area contributed by atoms with Gasteiger partial charge in [0.2, 0.25) is 0 Å². The minimum Gasteiger partial charge on any atom is -0.481 e. The lowest BCUT2D eigenvalue weighted by atomic mass is 10.3. The fraction of sp³-hybridized carbons (Fsp3) is 0.0714. The van der Waals surface area contributed by atoms with Gasteiger partial charge in [-0.15, -0.1) is 0 Å². The van der Waals surface area contributed by atoms with E-state index in [1.54, 1.807) is 6.07 Å². The highest BCUT2D eigenvalue weighted by Crippen LogP contribution is 2.16. The molecule has 2 aromatic carbocycles. The maximum absolute atomic E-state index is 13.3. The minimum absolute atomic E-state index is 0.0813. The smallest absolute Gasteiger partial charge is 0.262 e. The van der Waals surface area contributed by atoms with Crippen LogP contribution in [0, 0.1) is 17.5 Å². The second-order valence-electron chi connectivity index (χ2n) is 3.89. The lowest BCUT2D eigenvalue weighted by molar-refractivity contribution is -0.118. The van der Waals surface area contributed by atoms with Crippen molar-refractivity contribution in [2.24, 2.45) is 0 Å². The molecule has 0 saturated carbocycles. The molecule has 6 heteroatoms. The van der Waals surface area contributed by atoms with Crippen molar-refractivity contribution in [3.8, 4) is 5.75 Å². The summed E-state index contributed by atoms with van der Waals surface area (Å²) in [6.07, 6.45) is 0. The maximum atomic E-state index is 13.3. The third-order valence-electron chi connectivity index (χ3n) is 2.40.